The first kappa shape index (κ1) is 16.4. The molecule has 0 aromatic carbocycles. The lowest BCUT2D eigenvalue weighted by Gasteiger charge is -2.45. The predicted molar refractivity (Wildman–Crippen MR) is 79.5 cm³/mol. The van der Waals surface area contributed by atoms with E-state index in [4.69, 9.17) is 9.47 Å². The smallest absolute Gasteiger partial charge is 0.341 e. The minimum atomic E-state index is -1.40. The fourth-order valence-corrected chi connectivity index (χ4v) is 3.41. The first-order valence-corrected chi connectivity index (χ1v) is 7.52. The van der Waals surface area contributed by atoms with E-state index in [0.717, 1.165) is 6.20 Å². The van der Waals surface area contributed by atoms with Crippen molar-refractivity contribution in [1.29, 1.82) is 0 Å². The third kappa shape index (κ3) is 2.35. The first-order valence-electron chi connectivity index (χ1n) is 7.52. The summed E-state index contributed by atoms with van der Waals surface area (Å²) in [4.78, 5) is 37.8. The molecule has 1 amide bonds. The zero-order valence-corrected chi connectivity index (χ0v) is 13.0. The standard InChI is InChI=1S/C15H17FN2O6/c1-23-13-11-14(20)17(4-3-16)9-2-5-24-7-10(9)18(11)6-8(12(13)19)15(21)22/h6,9-10H,2-5,7H2,1H3,(H,21,22)/t9-,10-/m1/s1. The summed E-state index contributed by atoms with van der Waals surface area (Å²) in [5.74, 6) is -2.28. The number of carboxylic acids is 1. The zero-order valence-electron chi connectivity index (χ0n) is 13.0. The molecule has 0 spiro atoms. The van der Waals surface area contributed by atoms with Crippen LogP contribution in [0.1, 0.15) is 33.3 Å². The lowest BCUT2D eigenvalue weighted by atomic mass is 9.96. The van der Waals surface area contributed by atoms with Crippen LogP contribution < -0.4 is 10.2 Å². The lowest BCUT2D eigenvalue weighted by molar-refractivity contribution is -0.0160. The topological polar surface area (TPSA) is 98.1 Å². The van der Waals surface area contributed by atoms with Gasteiger partial charge in [0.05, 0.1) is 25.8 Å². The van der Waals surface area contributed by atoms with Crippen molar-refractivity contribution in [3.05, 3.63) is 27.7 Å². The number of hydrogen-bond acceptors (Lipinski definition) is 5. The second kappa shape index (κ2) is 6.23. The Labute approximate surface area is 136 Å². The van der Waals surface area contributed by atoms with Crippen LogP contribution in [0.3, 0.4) is 0 Å². The summed E-state index contributed by atoms with van der Waals surface area (Å²) < 4.78 is 24.8. The monoisotopic (exact) mass is 340 g/mol. The molecule has 130 valence electrons. The van der Waals surface area contributed by atoms with Gasteiger partial charge in [0.15, 0.2) is 11.4 Å². The zero-order chi connectivity index (χ0) is 17.4. The van der Waals surface area contributed by atoms with Gasteiger partial charge in [0.25, 0.3) is 5.91 Å². The van der Waals surface area contributed by atoms with Crippen LogP contribution >= 0.6 is 0 Å². The van der Waals surface area contributed by atoms with Crippen LogP contribution in [0.2, 0.25) is 0 Å². The molecule has 9 heteroatoms. The molecule has 1 saturated heterocycles. The summed E-state index contributed by atoms with van der Waals surface area (Å²) in [5, 5.41) is 9.24. The van der Waals surface area contributed by atoms with Crippen LogP contribution in [-0.4, -0.2) is 66.0 Å². The minimum Gasteiger partial charge on any atom is -0.491 e. The van der Waals surface area contributed by atoms with E-state index in [-0.39, 0.29) is 30.6 Å². The van der Waals surface area contributed by atoms with Gasteiger partial charge in [0, 0.05) is 19.3 Å². The van der Waals surface area contributed by atoms with E-state index in [9.17, 15) is 23.9 Å². The van der Waals surface area contributed by atoms with Crippen molar-refractivity contribution in [2.45, 2.75) is 18.5 Å². The predicted octanol–water partition coefficient (Wildman–Crippen LogP) is 0.310. The molecular weight excluding hydrogens is 323 g/mol. The van der Waals surface area contributed by atoms with Crippen LogP contribution in [0.4, 0.5) is 4.39 Å². The number of amides is 1. The first-order chi connectivity index (χ1) is 11.5. The van der Waals surface area contributed by atoms with Crippen LogP contribution in [0.25, 0.3) is 0 Å². The number of carboxylic acid groups (broad SMARTS) is 1. The molecular formula is C15H17FN2O6. The molecule has 2 aliphatic rings. The number of aromatic carboxylic acids is 1. The van der Waals surface area contributed by atoms with Crippen molar-refractivity contribution < 1.29 is 28.6 Å². The highest BCUT2D eigenvalue weighted by molar-refractivity contribution is 5.98. The minimum absolute atomic E-state index is 0.0623. The van der Waals surface area contributed by atoms with Gasteiger partial charge in [-0.2, -0.15) is 0 Å². The number of nitrogens with zero attached hydrogens (tertiary/aromatic N) is 2. The fourth-order valence-electron chi connectivity index (χ4n) is 3.41. The molecule has 2 aliphatic heterocycles. The van der Waals surface area contributed by atoms with Gasteiger partial charge >= 0.3 is 5.97 Å². The van der Waals surface area contributed by atoms with E-state index < -0.39 is 35.6 Å². The lowest BCUT2D eigenvalue weighted by Crippen LogP contribution is -2.55. The van der Waals surface area contributed by atoms with E-state index in [1.54, 1.807) is 0 Å². The van der Waals surface area contributed by atoms with Crippen molar-refractivity contribution in [1.82, 2.24) is 9.47 Å². The maximum Gasteiger partial charge on any atom is 0.341 e. The molecule has 1 N–H and O–H groups in total. The molecule has 3 rings (SSSR count). The van der Waals surface area contributed by atoms with Gasteiger partial charge in [-0.05, 0) is 6.42 Å². The highest BCUT2D eigenvalue weighted by Crippen LogP contribution is 2.35. The third-order valence-corrected chi connectivity index (χ3v) is 4.46. The van der Waals surface area contributed by atoms with E-state index in [1.807, 2.05) is 0 Å². The Bertz CT molecular complexity index is 746. The second-order valence-corrected chi connectivity index (χ2v) is 5.65. The SMILES string of the molecule is COc1c2n(cc(C(=O)O)c1=O)[C@@H]1COCC[C@H]1N(CCF)C2=O. The molecule has 0 bridgehead atoms. The Balaban J connectivity index is 2.26. The summed E-state index contributed by atoms with van der Waals surface area (Å²) in [7, 11) is 1.19. The number of ether oxygens (including phenoxy) is 2. The second-order valence-electron chi connectivity index (χ2n) is 5.65. The molecule has 0 unspecified atom stereocenters. The molecule has 1 fully saturated rings. The molecule has 1 aromatic rings. The Morgan fingerprint density at radius 1 is 1.46 bits per heavy atom. The maximum absolute atomic E-state index is 12.9. The van der Waals surface area contributed by atoms with Crippen LogP contribution in [-0.2, 0) is 4.74 Å². The average Bonchev–Trinajstić information content (AvgIpc) is 2.57. The number of methoxy groups -OCH3 is 1. The number of pyridine rings is 1. The largest absolute Gasteiger partial charge is 0.491 e. The van der Waals surface area contributed by atoms with Crippen LogP contribution in [0, 0.1) is 0 Å². The van der Waals surface area contributed by atoms with Gasteiger partial charge in [-0.15, -0.1) is 0 Å². The van der Waals surface area contributed by atoms with Gasteiger partial charge < -0.3 is 24.0 Å². The van der Waals surface area contributed by atoms with Crippen molar-refractivity contribution in [2.24, 2.45) is 0 Å². The van der Waals surface area contributed by atoms with E-state index in [2.05, 4.69) is 0 Å². The Hall–Kier alpha value is -2.42. The average molecular weight is 340 g/mol. The van der Waals surface area contributed by atoms with Gasteiger partial charge in [-0.25, -0.2) is 9.18 Å². The molecule has 0 radical (unpaired) electrons. The molecule has 2 atom stereocenters. The van der Waals surface area contributed by atoms with Gasteiger partial charge in [-0.1, -0.05) is 0 Å². The maximum atomic E-state index is 12.9. The molecule has 24 heavy (non-hydrogen) atoms. The molecule has 3 heterocycles. The number of fused-ring (bicyclic) bond motifs is 3. The number of alkyl halides is 1. The van der Waals surface area contributed by atoms with Crippen molar-refractivity contribution in [3.63, 3.8) is 0 Å². The quantitative estimate of drug-likeness (QED) is 0.847. The summed E-state index contributed by atoms with van der Waals surface area (Å²) >= 11 is 0. The van der Waals surface area contributed by atoms with E-state index >= 15 is 0 Å². The number of carbonyl (C=O) groups excluding carboxylic acids is 1. The van der Waals surface area contributed by atoms with E-state index in [1.165, 1.54) is 16.6 Å². The Morgan fingerprint density at radius 2 is 2.21 bits per heavy atom. The fraction of sp³-hybridized carbons (Fsp3) is 0.533. The molecule has 0 saturated carbocycles. The number of rotatable bonds is 4. The van der Waals surface area contributed by atoms with Crippen molar-refractivity contribution in [3.8, 4) is 5.75 Å². The normalized spacial score (nSPS) is 22.8. The number of hydrogen-bond donors (Lipinski definition) is 1. The number of halogens is 1. The van der Waals surface area contributed by atoms with Crippen LogP contribution in [0.5, 0.6) is 5.75 Å². The van der Waals surface area contributed by atoms with Crippen LogP contribution in [0.15, 0.2) is 11.0 Å². The highest BCUT2D eigenvalue weighted by atomic mass is 19.1. The van der Waals surface area contributed by atoms with Crippen molar-refractivity contribution in [2.75, 3.05) is 33.5 Å². The summed E-state index contributed by atoms with van der Waals surface area (Å²) in [5.41, 5.74) is -1.42. The third-order valence-electron chi connectivity index (χ3n) is 4.46. The van der Waals surface area contributed by atoms with Gasteiger partial charge in [-0.3, -0.25) is 9.59 Å². The molecule has 8 nitrogen and oxygen atoms in total. The van der Waals surface area contributed by atoms with E-state index in [0.29, 0.717) is 13.0 Å². The van der Waals surface area contributed by atoms with Gasteiger partial charge in [0.1, 0.15) is 12.2 Å². The molecule has 0 aliphatic carbocycles. The van der Waals surface area contributed by atoms with Gasteiger partial charge in [0.2, 0.25) is 5.43 Å². The summed E-state index contributed by atoms with van der Waals surface area (Å²) in [6.45, 7) is -0.151. The molecule has 1 aromatic heterocycles. The summed E-state index contributed by atoms with van der Waals surface area (Å²) in [6, 6.07) is -0.714. The highest BCUT2D eigenvalue weighted by Gasteiger charge is 2.43. The van der Waals surface area contributed by atoms with Crippen molar-refractivity contribution >= 4 is 11.9 Å². The Morgan fingerprint density at radius 3 is 2.83 bits per heavy atom. The number of aromatic nitrogens is 1. The summed E-state index contributed by atoms with van der Waals surface area (Å²) in [6.07, 6.45) is 1.66. The number of carbonyl (C=O) groups is 2. The Kier molecular flexibility index (Phi) is 4.27.